The molecule has 0 N–H and O–H groups in total. The topological polar surface area (TPSA) is 32.8 Å². The van der Waals surface area contributed by atoms with Crippen LogP contribution in [0.2, 0.25) is 0 Å². The molecule has 4 nitrogen and oxygen atoms in total. The summed E-state index contributed by atoms with van der Waals surface area (Å²) in [4.78, 5) is 16.0. The van der Waals surface area contributed by atoms with Crippen molar-refractivity contribution in [3.05, 3.63) is 0 Å². The molecule has 0 aromatic heterocycles. The fourth-order valence-electron chi connectivity index (χ4n) is 2.25. The Labute approximate surface area is 118 Å². The molecule has 104 valence electrons. The molecule has 18 heavy (non-hydrogen) atoms. The number of nitrogens with zero attached hydrogens (tertiary/aromatic N) is 2. The molecule has 2 rings (SSSR count). The molecule has 2 fully saturated rings. The van der Waals surface area contributed by atoms with Gasteiger partial charge in [0, 0.05) is 56.2 Å². The standard InChI is InChI=1S/C12H22N2O2S2/c1-13(2)12(15)11-7-14(3-4-16-11)10-8-17-5-6-18-9-10/h10-11H,3-9H2,1-2H3/t11-/m0/s1. The molecular weight excluding hydrogens is 268 g/mol. The monoisotopic (exact) mass is 290 g/mol. The van der Waals surface area contributed by atoms with Crippen LogP contribution in [0.25, 0.3) is 0 Å². The van der Waals surface area contributed by atoms with Crippen LogP contribution in [0.3, 0.4) is 0 Å². The largest absolute Gasteiger partial charge is 0.366 e. The van der Waals surface area contributed by atoms with Gasteiger partial charge in [-0.3, -0.25) is 9.69 Å². The van der Waals surface area contributed by atoms with Crippen LogP contribution < -0.4 is 0 Å². The Hall–Kier alpha value is 0.0900. The number of ether oxygens (including phenoxy) is 1. The molecule has 6 heteroatoms. The van der Waals surface area contributed by atoms with E-state index in [0.717, 1.165) is 13.1 Å². The smallest absolute Gasteiger partial charge is 0.252 e. The molecule has 2 aliphatic rings. The zero-order valence-corrected chi connectivity index (χ0v) is 12.8. The molecule has 2 saturated heterocycles. The van der Waals surface area contributed by atoms with Gasteiger partial charge in [-0.2, -0.15) is 23.5 Å². The average Bonchev–Trinajstić information content (AvgIpc) is 2.66. The van der Waals surface area contributed by atoms with E-state index >= 15 is 0 Å². The van der Waals surface area contributed by atoms with E-state index in [1.807, 2.05) is 23.5 Å². The molecule has 0 spiro atoms. The Kier molecular flexibility index (Phi) is 5.66. The summed E-state index contributed by atoms with van der Waals surface area (Å²) < 4.78 is 5.61. The van der Waals surface area contributed by atoms with E-state index in [-0.39, 0.29) is 12.0 Å². The molecule has 2 heterocycles. The molecule has 0 radical (unpaired) electrons. The SMILES string of the molecule is CN(C)C(=O)[C@@H]1CN(C2CSCCSC2)CCO1. The molecule has 1 amide bonds. The highest BCUT2D eigenvalue weighted by molar-refractivity contribution is 8.03. The Bertz CT molecular complexity index is 281. The molecule has 0 aliphatic carbocycles. The van der Waals surface area contributed by atoms with Gasteiger partial charge in [0.2, 0.25) is 0 Å². The van der Waals surface area contributed by atoms with Crippen LogP contribution in [0.5, 0.6) is 0 Å². The molecule has 0 unspecified atom stereocenters. The van der Waals surface area contributed by atoms with E-state index in [4.69, 9.17) is 4.74 Å². The number of thioether (sulfide) groups is 2. The van der Waals surface area contributed by atoms with Gasteiger partial charge < -0.3 is 9.64 Å². The Balaban J connectivity index is 1.91. The first-order valence-corrected chi connectivity index (χ1v) is 8.71. The minimum Gasteiger partial charge on any atom is -0.366 e. The summed E-state index contributed by atoms with van der Waals surface area (Å²) in [5, 5.41) is 0. The molecule has 0 saturated carbocycles. The lowest BCUT2D eigenvalue weighted by Gasteiger charge is -2.37. The highest BCUT2D eigenvalue weighted by Crippen LogP contribution is 2.22. The van der Waals surface area contributed by atoms with Gasteiger partial charge in [-0.25, -0.2) is 0 Å². The van der Waals surface area contributed by atoms with Gasteiger partial charge in [0.05, 0.1) is 6.61 Å². The van der Waals surface area contributed by atoms with Crippen molar-refractivity contribution in [1.82, 2.24) is 9.80 Å². The van der Waals surface area contributed by atoms with E-state index < -0.39 is 0 Å². The van der Waals surface area contributed by atoms with Crippen molar-refractivity contribution >= 4 is 29.4 Å². The summed E-state index contributed by atoms with van der Waals surface area (Å²) in [6.45, 7) is 2.39. The predicted octanol–water partition coefficient (Wildman–Crippen LogP) is 0.624. The third-order valence-corrected chi connectivity index (χ3v) is 5.81. The van der Waals surface area contributed by atoms with Crippen molar-refractivity contribution in [1.29, 1.82) is 0 Å². The predicted molar refractivity (Wildman–Crippen MR) is 78.4 cm³/mol. The first kappa shape index (κ1) is 14.5. The quantitative estimate of drug-likeness (QED) is 0.745. The summed E-state index contributed by atoms with van der Waals surface area (Å²) in [6.07, 6.45) is -0.271. The summed E-state index contributed by atoms with van der Waals surface area (Å²) in [5.41, 5.74) is 0. The van der Waals surface area contributed by atoms with Gasteiger partial charge in [-0.05, 0) is 0 Å². The number of carbonyl (C=O) groups excluding carboxylic acids is 1. The third kappa shape index (κ3) is 3.79. The number of carbonyl (C=O) groups is 1. The average molecular weight is 290 g/mol. The highest BCUT2D eigenvalue weighted by Gasteiger charge is 2.31. The lowest BCUT2D eigenvalue weighted by Crippen LogP contribution is -2.53. The van der Waals surface area contributed by atoms with Crippen molar-refractivity contribution in [3.63, 3.8) is 0 Å². The Morgan fingerprint density at radius 2 is 1.94 bits per heavy atom. The van der Waals surface area contributed by atoms with Crippen LogP contribution in [0.1, 0.15) is 0 Å². The number of hydrogen-bond donors (Lipinski definition) is 0. The number of morpholine rings is 1. The summed E-state index contributed by atoms with van der Waals surface area (Å²) in [5.74, 6) is 4.98. The van der Waals surface area contributed by atoms with Crippen LogP contribution in [-0.4, -0.2) is 84.7 Å². The van der Waals surface area contributed by atoms with Crippen molar-refractivity contribution < 1.29 is 9.53 Å². The second-order valence-electron chi connectivity index (χ2n) is 4.89. The maximum atomic E-state index is 12.0. The second-order valence-corrected chi connectivity index (χ2v) is 7.19. The highest BCUT2D eigenvalue weighted by atomic mass is 32.2. The van der Waals surface area contributed by atoms with E-state index in [1.54, 1.807) is 19.0 Å². The Morgan fingerprint density at radius 1 is 1.28 bits per heavy atom. The van der Waals surface area contributed by atoms with E-state index in [1.165, 1.54) is 23.0 Å². The maximum absolute atomic E-state index is 12.0. The fourth-order valence-corrected chi connectivity index (χ4v) is 4.88. The first-order chi connectivity index (χ1) is 8.68. The molecule has 0 aromatic carbocycles. The molecule has 0 bridgehead atoms. The maximum Gasteiger partial charge on any atom is 0.252 e. The molecule has 0 aromatic rings. The van der Waals surface area contributed by atoms with Crippen LogP contribution in [0, 0.1) is 0 Å². The van der Waals surface area contributed by atoms with Gasteiger partial charge in [0.25, 0.3) is 5.91 Å². The molecule has 1 atom stereocenters. The van der Waals surface area contributed by atoms with E-state index in [0.29, 0.717) is 12.6 Å². The van der Waals surface area contributed by atoms with Crippen molar-refractivity contribution in [2.45, 2.75) is 12.1 Å². The van der Waals surface area contributed by atoms with Gasteiger partial charge in [-0.1, -0.05) is 0 Å². The number of amides is 1. The lowest BCUT2D eigenvalue weighted by atomic mass is 10.2. The summed E-state index contributed by atoms with van der Waals surface area (Å²) in [6, 6.07) is 0.601. The normalized spacial score (nSPS) is 27.8. The number of hydrogen-bond acceptors (Lipinski definition) is 5. The third-order valence-electron chi connectivity index (χ3n) is 3.32. The van der Waals surface area contributed by atoms with Crippen LogP contribution in [0.15, 0.2) is 0 Å². The van der Waals surface area contributed by atoms with Crippen LogP contribution in [-0.2, 0) is 9.53 Å². The second kappa shape index (κ2) is 7.03. The minimum absolute atomic E-state index is 0.0913. The van der Waals surface area contributed by atoms with Crippen LogP contribution >= 0.6 is 23.5 Å². The Morgan fingerprint density at radius 3 is 2.56 bits per heavy atom. The van der Waals surface area contributed by atoms with Crippen molar-refractivity contribution in [2.75, 3.05) is 56.8 Å². The molecule has 2 aliphatic heterocycles. The fraction of sp³-hybridized carbons (Fsp3) is 0.917. The van der Waals surface area contributed by atoms with Gasteiger partial charge in [0.1, 0.15) is 6.10 Å². The van der Waals surface area contributed by atoms with Gasteiger partial charge in [0.15, 0.2) is 0 Å². The van der Waals surface area contributed by atoms with E-state index in [9.17, 15) is 4.79 Å². The molecular formula is C12H22N2O2S2. The number of likely N-dealkylation sites (N-methyl/N-ethyl adjacent to an activating group) is 1. The van der Waals surface area contributed by atoms with Gasteiger partial charge >= 0.3 is 0 Å². The first-order valence-electron chi connectivity index (χ1n) is 6.41. The van der Waals surface area contributed by atoms with E-state index in [2.05, 4.69) is 4.90 Å². The lowest BCUT2D eigenvalue weighted by molar-refractivity contribution is -0.147. The zero-order chi connectivity index (χ0) is 13.0. The summed E-state index contributed by atoms with van der Waals surface area (Å²) >= 11 is 4.07. The van der Waals surface area contributed by atoms with Crippen molar-refractivity contribution in [3.8, 4) is 0 Å². The van der Waals surface area contributed by atoms with Crippen molar-refractivity contribution in [2.24, 2.45) is 0 Å². The van der Waals surface area contributed by atoms with Crippen LogP contribution in [0.4, 0.5) is 0 Å². The summed E-state index contributed by atoms with van der Waals surface area (Å²) in [7, 11) is 3.59. The van der Waals surface area contributed by atoms with Gasteiger partial charge in [-0.15, -0.1) is 0 Å². The minimum atomic E-state index is -0.271. The zero-order valence-electron chi connectivity index (χ0n) is 11.1. The number of rotatable bonds is 2.